The second kappa shape index (κ2) is 6.20. The Bertz CT molecular complexity index is 345. The summed E-state index contributed by atoms with van der Waals surface area (Å²) in [6.45, 7) is 6.94. The molecular weight excluding hydrogens is 206 g/mol. The zero-order valence-electron chi connectivity index (χ0n) is 11.2. The monoisotopic (exact) mass is 231 g/mol. The zero-order valence-corrected chi connectivity index (χ0v) is 11.2. The van der Waals surface area contributed by atoms with Crippen LogP contribution in [0.2, 0.25) is 0 Å². The van der Waals surface area contributed by atoms with Crippen molar-refractivity contribution in [3.05, 3.63) is 35.4 Å². The van der Waals surface area contributed by atoms with Gasteiger partial charge in [-0.3, -0.25) is 0 Å². The van der Waals surface area contributed by atoms with E-state index in [0.29, 0.717) is 0 Å². The van der Waals surface area contributed by atoms with Crippen molar-refractivity contribution in [3.63, 3.8) is 0 Å². The van der Waals surface area contributed by atoms with Crippen molar-refractivity contribution < 1.29 is 0 Å². The summed E-state index contributed by atoms with van der Waals surface area (Å²) in [6.07, 6.45) is 5.33. The molecule has 1 fully saturated rings. The highest BCUT2D eigenvalue weighted by Gasteiger charge is 2.25. The molecule has 2 atom stereocenters. The molecule has 0 aromatic heterocycles. The van der Waals surface area contributed by atoms with Gasteiger partial charge in [-0.25, -0.2) is 0 Å². The Kier molecular flexibility index (Phi) is 4.61. The van der Waals surface area contributed by atoms with Crippen LogP contribution in [-0.4, -0.2) is 13.1 Å². The minimum absolute atomic E-state index is 0.953. The van der Waals surface area contributed by atoms with Crippen LogP contribution in [-0.2, 0) is 6.42 Å². The van der Waals surface area contributed by atoms with Crippen LogP contribution in [0.1, 0.15) is 37.3 Å². The third-order valence-corrected chi connectivity index (χ3v) is 4.11. The Morgan fingerprint density at radius 3 is 2.82 bits per heavy atom. The second-order valence-corrected chi connectivity index (χ2v) is 5.61. The molecule has 1 aromatic rings. The first-order chi connectivity index (χ1) is 8.25. The zero-order chi connectivity index (χ0) is 12.1. The van der Waals surface area contributed by atoms with Gasteiger partial charge in [-0.05, 0) is 56.7 Å². The molecule has 0 spiro atoms. The van der Waals surface area contributed by atoms with Gasteiger partial charge < -0.3 is 5.32 Å². The minimum Gasteiger partial charge on any atom is -0.316 e. The summed E-state index contributed by atoms with van der Waals surface area (Å²) >= 11 is 0. The number of hydrogen-bond donors (Lipinski definition) is 1. The molecule has 0 aliphatic heterocycles. The van der Waals surface area contributed by atoms with E-state index < -0.39 is 0 Å². The van der Waals surface area contributed by atoms with Crippen molar-refractivity contribution in [3.8, 4) is 0 Å². The summed E-state index contributed by atoms with van der Waals surface area (Å²) in [6, 6.07) is 8.86. The summed E-state index contributed by atoms with van der Waals surface area (Å²) in [7, 11) is 0. The summed E-state index contributed by atoms with van der Waals surface area (Å²) in [5.74, 6) is 1.91. The molecule has 0 radical (unpaired) electrons. The predicted octanol–water partition coefficient (Wildman–Crippen LogP) is 3.56. The molecular formula is C16H25N. The topological polar surface area (TPSA) is 12.0 Å². The Balaban J connectivity index is 1.57. The van der Waals surface area contributed by atoms with Crippen molar-refractivity contribution in [2.75, 3.05) is 13.1 Å². The van der Waals surface area contributed by atoms with E-state index in [1.54, 1.807) is 0 Å². The fraction of sp³-hybridized carbons (Fsp3) is 0.625. The molecule has 0 heterocycles. The molecule has 94 valence electrons. The summed E-state index contributed by atoms with van der Waals surface area (Å²) in [5.41, 5.74) is 2.85. The smallest absolute Gasteiger partial charge is 0.00180 e. The molecule has 1 aromatic carbocycles. The Labute approximate surface area is 106 Å². The highest BCUT2D eigenvalue weighted by Crippen LogP contribution is 2.32. The van der Waals surface area contributed by atoms with Crippen molar-refractivity contribution in [1.82, 2.24) is 5.32 Å². The first-order valence-electron chi connectivity index (χ1n) is 7.02. The lowest BCUT2D eigenvalue weighted by molar-refractivity contribution is 0.191. The number of hydrogen-bond acceptors (Lipinski definition) is 1. The van der Waals surface area contributed by atoms with Crippen LogP contribution in [0.25, 0.3) is 0 Å². The molecule has 2 rings (SSSR count). The average Bonchev–Trinajstić information content (AvgIpc) is 2.31. The van der Waals surface area contributed by atoms with Crippen LogP contribution in [0.5, 0.6) is 0 Å². The van der Waals surface area contributed by atoms with E-state index in [2.05, 4.69) is 43.4 Å². The molecule has 1 saturated carbocycles. The molecule has 0 bridgehead atoms. The Morgan fingerprint density at radius 1 is 1.29 bits per heavy atom. The maximum Gasteiger partial charge on any atom is -0.00180 e. The number of nitrogens with one attached hydrogen (secondary N) is 1. The standard InChI is InChI=1S/C16H25N/c1-13-5-3-6-15(11-13)7-4-10-17-12-16-9-8-14(16)2/h3,5-6,11,14,16-17H,4,7-10,12H2,1-2H3. The van der Waals surface area contributed by atoms with Gasteiger partial charge in [-0.15, -0.1) is 0 Å². The van der Waals surface area contributed by atoms with E-state index in [1.165, 1.54) is 43.4 Å². The van der Waals surface area contributed by atoms with Crippen LogP contribution in [0.15, 0.2) is 24.3 Å². The maximum absolute atomic E-state index is 3.60. The molecule has 1 N–H and O–H groups in total. The molecule has 1 aliphatic rings. The lowest BCUT2D eigenvalue weighted by Gasteiger charge is -2.34. The predicted molar refractivity (Wildman–Crippen MR) is 74.3 cm³/mol. The summed E-state index contributed by atoms with van der Waals surface area (Å²) in [4.78, 5) is 0. The SMILES string of the molecule is Cc1cccc(CCCNCC2CCC2C)c1. The largest absolute Gasteiger partial charge is 0.316 e. The van der Waals surface area contributed by atoms with E-state index in [1.807, 2.05) is 0 Å². The van der Waals surface area contributed by atoms with E-state index in [0.717, 1.165) is 18.4 Å². The van der Waals surface area contributed by atoms with Gasteiger partial charge >= 0.3 is 0 Å². The lowest BCUT2D eigenvalue weighted by Crippen LogP contribution is -2.34. The maximum atomic E-state index is 3.60. The Hall–Kier alpha value is -0.820. The average molecular weight is 231 g/mol. The van der Waals surface area contributed by atoms with Gasteiger partial charge in [-0.2, -0.15) is 0 Å². The normalized spacial score (nSPS) is 23.4. The number of rotatable bonds is 6. The van der Waals surface area contributed by atoms with Gasteiger partial charge in [0.25, 0.3) is 0 Å². The quantitative estimate of drug-likeness (QED) is 0.738. The molecule has 1 aliphatic carbocycles. The highest BCUT2D eigenvalue weighted by atomic mass is 14.9. The molecule has 2 unspecified atom stereocenters. The molecule has 0 saturated heterocycles. The third-order valence-electron chi connectivity index (χ3n) is 4.11. The van der Waals surface area contributed by atoms with Crippen molar-refractivity contribution in [1.29, 1.82) is 0 Å². The lowest BCUT2D eigenvalue weighted by atomic mass is 9.75. The first-order valence-corrected chi connectivity index (χ1v) is 7.02. The van der Waals surface area contributed by atoms with E-state index in [-0.39, 0.29) is 0 Å². The molecule has 1 heteroatoms. The van der Waals surface area contributed by atoms with Gasteiger partial charge in [0.1, 0.15) is 0 Å². The van der Waals surface area contributed by atoms with Gasteiger partial charge in [0.2, 0.25) is 0 Å². The Morgan fingerprint density at radius 2 is 2.18 bits per heavy atom. The third kappa shape index (κ3) is 3.85. The van der Waals surface area contributed by atoms with Crippen molar-refractivity contribution >= 4 is 0 Å². The first kappa shape index (κ1) is 12.6. The summed E-state index contributed by atoms with van der Waals surface area (Å²) in [5, 5.41) is 3.60. The number of aryl methyl sites for hydroxylation is 2. The molecule has 0 amide bonds. The van der Waals surface area contributed by atoms with E-state index in [9.17, 15) is 0 Å². The van der Waals surface area contributed by atoms with Crippen molar-refractivity contribution in [2.45, 2.75) is 39.5 Å². The van der Waals surface area contributed by atoms with E-state index >= 15 is 0 Å². The van der Waals surface area contributed by atoms with Gasteiger partial charge in [0.05, 0.1) is 0 Å². The van der Waals surface area contributed by atoms with E-state index in [4.69, 9.17) is 0 Å². The second-order valence-electron chi connectivity index (χ2n) is 5.61. The fourth-order valence-electron chi connectivity index (χ4n) is 2.61. The van der Waals surface area contributed by atoms with Crippen LogP contribution in [0, 0.1) is 18.8 Å². The van der Waals surface area contributed by atoms with Crippen LogP contribution < -0.4 is 5.32 Å². The minimum atomic E-state index is 0.953. The number of benzene rings is 1. The summed E-state index contributed by atoms with van der Waals surface area (Å²) < 4.78 is 0. The fourth-order valence-corrected chi connectivity index (χ4v) is 2.61. The van der Waals surface area contributed by atoms with Crippen LogP contribution in [0.4, 0.5) is 0 Å². The highest BCUT2D eigenvalue weighted by molar-refractivity contribution is 5.22. The molecule has 1 nitrogen and oxygen atoms in total. The van der Waals surface area contributed by atoms with Crippen LogP contribution in [0.3, 0.4) is 0 Å². The van der Waals surface area contributed by atoms with Gasteiger partial charge in [0, 0.05) is 0 Å². The van der Waals surface area contributed by atoms with Gasteiger partial charge in [-0.1, -0.05) is 43.2 Å². The molecule has 17 heavy (non-hydrogen) atoms. The van der Waals surface area contributed by atoms with Gasteiger partial charge in [0.15, 0.2) is 0 Å². The van der Waals surface area contributed by atoms with Crippen molar-refractivity contribution in [2.24, 2.45) is 11.8 Å². The van der Waals surface area contributed by atoms with Crippen LogP contribution >= 0.6 is 0 Å².